The molecule has 236 valence electrons. The summed E-state index contributed by atoms with van der Waals surface area (Å²) in [5.41, 5.74) is 1.60. The van der Waals surface area contributed by atoms with E-state index in [-0.39, 0.29) is 39.5 Å². The van der Waals surface area contributed by atoms with Crippen LogP contribution in [0.15, 0.2) is 108 Å². The first-order chi connectivity index (χ1) is 21.6. The molecule has 0 saturated heterocycles. The fraction of sp³-hybridized carbons (Fsp3) is 0.235. The monoisotopic (exact) mass is 685 g/mol. The summed E-state index contributed by atoms with van der Waals surface area (Å²) in [6.07, 6.45) is 1.86. The first kappa shape index (κ1) is 34.3. The standard InChI is InChI=1S/C34H34Cl3N3O4S/c1-2-3-20-38-34(42)32(21-25-10-6-4-7-11-25)39(23-26-14-16-27(35)17-15-26)33(41)24-40(31-22-28(36)18-19-30(31)37)45(43,44)29-12-8-5-9-13-29/h4-19,22,32H,2-3,20-21,23-24H2,1H3,(H,38,42)/t32-/m1/s1. The molecule has 45 heavy (non-hydrogen) atoms. The van der Waals surface area contributed by atoms with Crippen LogP contribution in [0.2, 0.25) is 15.1 Å². The third-order valence-corrected chi connectivity index (χ3v) is 9.73. The van der Waals surface area contributed by atoms with Gasteiger partial charge in [0.25, 0.3) is 10.0 Å². The molecule has 4 rings (SSSR count). The zero-order valence-electron chi connectivity index (χ0n) is 24.7. The van der Waals surface area contributed by atoms with Crippen molar-refractivity contribution >= 4 is 62.3 Å². The highest BCUT2D eigenvalue weighted by Crippen LogP contribution is 2.33. The van der Waals surface area contributed by atoms with Gasteiger partial charge in [0.1, 0.15) is 12.6 Å². The molecular formula is C34H34Cl3N3O4S. The number of halogens is 3. The lowest BCUT2D eigenvalue weighted by Crippen LogP contribution is -2.53. The number of hydrogen-bond donors (Lipinski definition) is 1. The van der Waals surface area contributed by atoms with Crippen molar-refractivity contribution in [3.05, 3.63) is 129 Å². The van der Waals surface area contributed by atoms with Crippen LogP contribution in [-0.2, 0) is 32.6 Å². The molecule has 7 nitrogen and oxygen atoms in total. The van der Waals surface area contributed by atoms with Gasteiger partial charge in [0.05, 0.1) is 15.6 Å². The van der Waals surface area contributed by atoms with Crippen LogP contribution in [0.25, 0.3) is 0 Å². The van der Waals surface area contributed by atoms with Crippen LogP contribution in [0.1, 0.15) is 30.9 Å². The lowest BCUT2D eigenvalue weighted by Gasteiger charge is -2.34. The predicted octanol–water partition coefficient (Wildman–Crippen LogP) is 7.40. The molecule has 0 aliphatic heterocycles. The number of anilines is 1. The summed E-state index contributed by atoms with van der Waals surface area (Å²) in [5, 5.41) is 3.82. The van der Waals surface area contributed by atoms with Gasteiger partial charge in [0.15, 0.2) is 0 Å². The van der Waals surface area contributed by atoms with Crippen LogP contribution in [0.4, 0.5) is 5.69 Å². The van der Waals surface area contributed by atoms with Crippen molar-refractivity contribution in [2.75, 3.05) is 17.4 Å². The van der Waals surface area contributed by atoms with Crippen LogP contribution in [0.3, 0.4) is 0 Å². The average molecular weight is 687 g/mol. The second-order valence-electron chi connectivity index (χ2n) is 10.4. The number of hydrogen-bond acceptors (Lipinski definition) is 4. The van der Waals surface area contributed by atoms with Gasteiger partial charge in [0.2, 0.25) is 11.8 Å². The number of benzene rings is 4. The molecule has 0 heterocycles. The van der Waals surface area contributed by atoms with E-state index in [2.05, 4.69) is 5.32 Å². The van der Waals surface area contributed by atoms with Gasteiger partial charge in [-0.2, -0.15) is 0 Å². The molecule has 0 radical (unpaired) electrons. The van der Waals surface area contributed by atoms with Crippen molar-refractivity contribution in [1.82, 2.24) is 10.2 Å². The van der Waals surface area contributed by atoms with E-state index in [0.29, 0.717) is 17.1 Å². The van der Waals surface area contributed by atoms with Gasteiger partial charge in [0, 0.05) is 29.6 Å². The first-order valence-corrected chi connectivity index (χ1v) is 17.1. The molecule has 0 unspecified atom stereocenters. The van der Waals surface area contributed by atoms with Crippen molar-refractivity contribution in [2.24, 2.45) is 0 Å². The largest absolute Gasteiger partial charge is 0.354 e. The molecule has 0 saturated carbocycles. The molecular weight excluding hydrogens is 653 g/mol. The van der Waals surface area contributed by atoms with Crippen molar-refractivity contribution in [1.29, 1.82) is 0 Å². The van der Waals surface area contributed by atoms with Gasteiger partial charge < -0.3 is 10.2 Å². The minimum atomic E-state index is -4.30. The van der Waals surface area contributed by atoms with Crippen molar-refractivity contribution in [2.45, 2.75) is 43.7 Å². The molecule has 11 heteroatoms. The Morgan fingerprint density at radius 3 is 2.07 bits per heavy atom. The Balaban J connectivity index is 1.81. The van der Waals surface area contributed by atoms with E-state index in [1.54, 1.807) is 42.5 Å². The second-order valence-corrected chi connectivity index (χ2v) is 13.6. The predicted molar refractivity (Wildman–Crippen MR) is 181 cm³/mol. The third kappa shape index (κ3) is 9.23. The quantitative estimate of drug-likeness (QED) is 0.140. The van der Waals surface area contributed by atoms with Crippen LogP contribution in [-0.4, -0.2) is 44.3 Å². The second kappa shape index (κ2) is 16.1. The number of amides is 2. The number of rotatable bonds is 14. The van der Waals surface area contributed by atoms with E-state index >= 15 is 0 Å². The summed E-state index contributed by atoms with van der Waals surface area (Å²) in [7, 11) is -4.30. The first-order valence-electron chi connectivity index (χ1n) is 14.5. The van der Waals surface area contributed by atoms with Crippen LogP contribution in [0.5, 0.6) is 0 Å². The molecule has 4 aromatic carbocycles. The summed E-state index contributed by atoms with van der Waals surface area (Å²) in [4.78, 5) is 29.7. The molecule has 1 atom stereocenters. The lowest BCUT2D eigenvalue weighted by molar-refractivity contribution is -0.140. The number of nitrogens with zero attached hydrogens (tertiary/aromatic N) is 2. The van der Waals surface area contributed by atoms with E-state index in [1.165, 1.54) is 35.2 Å². The highest BCUT2D eigenvalue weighted by Gasteiger charge is 2.35. The Morgan fingerprint density at radius 2 is 1.42 bits per heavy atom. The van der Waals surface area contributed by atoms with E-state index < -0.39 is 28.5 Å². The Labute approximate surface area is 279 Å². The van der Waals surface area contributed by atoms with Crippen LogP contribution < -0.4 is 9.62 Å². The zero-order chi connectivity index (χ0) is 32.4. The third-order valence-electron chi connectivity index (χ3n) is 7.15. The van der Waals surface area contributed by atoms with Gasteiger partial charge in [-0.1, -0.05) is 109 Å². The SMILES string of the molecule is CCCCNC(=O)[C@@H](Cc1ccccc1)N(Cc1ccc(Cl)cc1)C(=O)CN(c1cc(Cl)ccc1Cl)S(=O)(=O)c1ccccc1. The maximum atomic E-state index is 14.5. The normalized spacial score (nSPS) is 11.9. The minimum absolute atomic E-state index is 0.0250. The van der Waals surface area contributed by atoms with E-state index in [4.69, 9.17) is 34.8 Å². The Morgan fingerprint density at radius 1 is 0.800 bits per heavy atom. The van der Waals surface area contributed by atoms with Crippen molar-refractivity contribution in [3.63, 3.8) is 0 Å². The van der Waals surface area contributed by atoms with Crippen molar-refractivity contribution in [3.8, 4) is 0 Å². The van der Waals surface area contributed by atoms with Gasteiger partial charge in [-0.15, -0.1) is 0 Å². The summed E-state index contributed by atoms with van der Waals surface area (Å²) in [6, 6.07) is 27.5. The summed E-state index contributed by atoms with van der Waals surface area (Å²) in [6.45, 7) is 1.85. The highest BCUT2D eigenvalue weighted by molar-refractivity contribution is 7.92. The molecule has 0 aromatic heterocycles. The molecule has 1 N–H and O–H groups in total. The molecule has 0 aliphatic carbocycles. The van der Waals surface area contributed by atoms with Crippen LogP contribution >= 0.6 is 34.8 Å². The Kier molecular flexibility index (Phi) is 12.3. The van der Waals surface area contributed by atoms with Gasteiger partial charge >= 0.3 is 0 Å². The average Bonchev–Trinajstić information content (AvgIpc) is 3.04. The Bertz CT molecular complexity index is 1690. The minimum Gasteiger partial charge on any atom is -0.354 e. The summed E-state index contributed by atoms with van der Waals surface area (Å²) in [5.74, 6) is -0.944. The molecule has 4 aromatic rings. The van der Waals surface area contributed by atoms with Crippen LogP contribution in [0, 0.1) is 0 Å². The maximum absolute atomic E-state index is 14.5. The molecule has 0 fully saturated rings. The van der Waals surface area contributed by atoms with Crippen molar-refractivity contribution < 1.29 is 18.0 Å². The fourth-order valence-electron chi connectivity index (χ4n) is 4.76. The maximum Gasteiger partial charge on any atom is 0.264 e. The van der Waals surface area contributed by atoms with Gasteiger partial charge in [-0.05, 0) is 60.0 Å². The molecule has 0 bridgehead atoms. The van der Waals surface area contributed by atoms with E-state index in [1.807, 2.05) is 37.3 Å². The number of sulfonamides is 1. The number of carbonyl (C=O) groups excluding carboxylic acids is 2. The topological polar surface area (TPSA) is 86.8 Å². The number of unbranched alkanes of at least 4 members (excludes halogenated alkanes) is 1. The van der Waals surface area contributed by atoms with E-state index in [0.717, 1.165) is 22.7 Å². The zero-order valence-corrected chi connectivity index (χ0v) is 27.8. The molecule has 0 aliphatic rings. The molecule has 0 spiro atoms. The van der Waals surface area contributed by atoms with Gasteiger partial charge in [-0.3, -0.25) is 13.9 Å². The summed E-state index contributed by atoms with van der Waals surface area (Å²) < 4.78 is 29.1. The lowest BCUT2D eigenvalue weighted by atomic mass is 10.0. The smallest absolute Gasteiger partial charge is 0.264 e. The Hall–Kier alpha value is -3.56. The fourth-order valence-corrected chi connectivity index (χ4v) is 6.76. The number of nitrogens with one attached hydrogen (secondary N) is 1. The van der Waals surface area contributed by atoms with E-state index in [9.17, 15) is 18.0 Å². The number of carbonyl (C=O) groups is 2. The van der Waals surface area contributed by atoms with Gasteiger partial charge in [-0.25, -0.2) is 8.42 Å². The highest BCUT2D eigenvalue weighted by atomic mass is 35.5. The molecule has 2 amide bonds. The summed E-state index contributed by atoms with van der Waals surface area (Å²) >= 11 is 18.9.